The predicted octanol–water partition coefficient (Wildman–Crippen LogP) is 4.62. The van der Waals surface area contributed by atoms with Crippen molar-refractivity contribution in [1.29, 1.82) is 0 Å². The van der Waals surface area contributed by atoms with Crippen molar-refractivity contribution in [2.45, 2.75) is 65.0 Å². The summed E-state index contributed by atoms with van der Waals surface area (Å²) in [6, 6.07) is 10.8. The zero-order chi connectivity index (χ0) is 28.0. The van der Waals surface area contributed by atoms with Crippen LogP contribution >= 0.6 is 11.6 Å². The van der Waals surface area contributed by atoms with Crippen molar-refractivity contribution in [3.63, 3.8) is 0 Å². The van der Waals surface area contributed by atoms with Gasteiger partial charge in [-0.25, -0.2) is 9.98 Å². The number of aromatic nitrogens is 1. The van der Waals surface area contributed by atoms with Crippen LogP contribution in [-0.4, -0.2) is 64.3 Å². The number of benzene rings is 1. The summed E-state index contributed by atoms with van der Waals surface area (Å²) in [5, 5.41) is 12.6. The number of likely N-dealkylation sites (tertiary alicyclic amines) is 2. The lowest BCUT2D eigenvalue weighted by Gasteiger charge is -2.37. The Labute approximate surface area is 236 Å². The van der Waals surface area contributed by atoms with E-state index in [1.165, 1.54) is 0 Å². The van der Waals surface area contributed by atoms with Crippen molar-refractivity contribution < 1.29 is 19.4 Å². The second kappa shape index (κ2) is 12.9. The monoisotopic (exact) mass is 553 g/mol. The van der Waals surface area contributed by atoms with E-state index in [0.717, 1.165) is 57.4 Å². The number of aliphatic imine (C=N–C) groups is 1. The summed E-state index contributed by atoms with van der Waals surface area (Å²) < 4.78 is 5.25. The van der Waals surface area contributed by atoms with Crippen LogP contribution in [-0.2, 0) is 16.1 Å². The fraction of sp³-hybridized carbons (Fsp3) is 0.533. The highest BCUT2D eigenvalue weighted by Crippen LogP contribution is 2.27. The third-order valence-electron chi connectivity index (χ3n) is 7.32. The quantitative estimate of drug-likeness (QED) is 0.282. The van der Waals surface area contributed by atoms with Crippen molar-refractivity contribution in [2.75, 3.05) is 26.2 Å². The smallest absolute Gasteiger partial charge is 0.225 e. The number of nitrogens with zero attached hydrogens (tertiary/aromatic N) is 4. The summed E-state index contributed by atoms with van der Waals surface area (Å²) in [5.74, 6) is 1.09. The van der Waals surface area contributed by atoms with Crippen LogP contribution in [0.5, 0.6) is 0 Å². The molecule has 3 heterocycles. The van der Waals surface area contributed by atoms with E-state index in [4.69, 9.17) is 16.3 Å². The number of pyridine rings is 1. The zero-order valence-corrected chi connectivity index (χ0v) is 23.8. The molecule has 9 heteroatoms. The summed E-state index contributed by atoms with van der Waals surface area (Å²) in [6.45, 7) is 9.23. The Balaban J connectivity index is 1.20. The van der Waals surface area contributed by atoms with Crippen LogP contribution in [0.4, 0.5) is 5.82 Å². The molecule has 1 aromatic heterocycles. The SMILES string of the molecule is CC(C)(C)OC([O-])=Nc1cc(CN2CCC(C(=O)N3CCC(CC(=O)c4ccc(Cl)cc4)CC3)CC2)ccn1. The third kappa shape index (κ3) is 8.77. The van der Waals surface area contributed by atoms with Gasteiger partial charge in [0.2, 0.25) is 5.91 Å². The molecule has 0 unspecified atom stereocenters. The van der Waals surface area contributed by atoms with Gasteiger partial charge >= 0.3 is 0 Å². The van der Waals surface area contributed by atoms with Gasteiger partial charge in [0.15, 0.2) is 17.7 Å². The van der Waals surface area contributed by atoms with E-state index < -0.39 is 11.7 Å². The molecule has 1 amide bonds. The molecule has 2 aliphatic rings. The maximum Gasteiger partial charge on any atom is 0.225 e. The molecule has 0 radical (unpaired) electrons. The Morgan fingerprint density at radius 3 is 2.36 bits per heavy atom. The van der Waals surface area contributed by atoms with Gasteiger partial charge in [0.1, 0.15) is 0 Å². The Morgan fingerprint density at radius 2 is 1.72 bits per heavy atom. The van der Waals surface area contributed by atoms with E-state index in [2.05, 4.69) is 14.9 Å². The number of carbonyl (C=O) groups is 2. The number of carbonyl (C=O) groups excluding carboxylic acids is 2. The minimum absolute atomic E-state index is 0.0451. The van der Waals surface area contributed by atoms with Gasteiger partial charge in [-0.2, -0.15) is 0 Å². The van der Waals surface area contributed by atoms with E-state index in [1.807, 2.05) is 17.0 Å². The number of hydrogen-bond acceptors (Lipinski definition) is 7. The minimum Gasteiger partial charge on any atom is -0.594 e. The molecule has 0 spiro atoms. The van der Waals surface area contributed by atoms with Crippen molar-refractivity contribution in [3.05, 3.63) is 58.7 Å². The molecule has 39 heavy (non-hydrogen) atoms. The van der Waals surface area contributed by atoms with Crippen LogP contribution in [0.25, 0.3) is 0 Å². The molecular weight excluding hydrogens is 516 g/mol. The molecule has 2 fully saturated rings. The number of amides is 1. The number of halogens is 1. The molecule has 2 aromatic rings. The Bertz CT molecular complexity index is 1160. The van der Waals surface area contributed by atoms with Gasteiger partial charge in [-0.3, -0.25) is 14.5 Å². The summed E-state index contributed by atoms with van der Waals surface area (Å²) in [6.07, 6.45) is 4.90. The second-order valence-corrected chi connectivity index (χ2v) is 12.0. The van der Waals surface area contributed by atoms with Crippen molar-refractivity contribution in [3.8, 4) is 0 Å². The van der Waals surface area contributed by atoms with Gasteiger partial charge in [0.05, 0.1) is 0 Å². The fourth-order valence-corrected chi connectivity index (χ4v) is 5.35. The molecule has 8 nitrogen and oxygen atoms in total. The number of rotatable bonds is 7. The Kier molecular flexibility index (Phi) is 9.62. The van der Waals surface area contributed by atoms with Crippen molar-refractivity contribution in [1.82, 2.24) is 14.8 Å². The highest BCUT2D eigenvalue weighted by Gasteiger charge is 2.31. The van der Waals surface area contributed by atoms with E-state index in [1.54, 1.807) is 51.2 Å². The normalized spacial score (nSPS) is 18.3. The third-order valence-corrected chi connectivity index (χ3v) is 7.57. The summed E-state index contributed by atoms with van der Waals surface area (Å²) in [5.41, 5.74) is 1.12. The van der Waals surface area contributed by atoms with Crippen LogP contribution in [0.3, 0.4) is 0 Å². The van der Waals surface area contributed by atoms with Gasteiger partial charge in [0, 0.05) is 54.4 Å². The number of ketones is 1. The van der Waals surface area contributed by atoms with Crippen LogP contribution in [0.1, 0.15) is 68.8 Å². The topological polar surface area (TPSA) is 98.2 Å². The molecule has 0 aliphatic carbocycles. The van der Waals surface area contributed by atoms with E-state index in [9.17, 15) is 14.7 Å². The lowest BCUT2D eigenvalue weighted by atomic mass is 9.88. The molecule has 2 aliphatic heterocycles. The standard InChI is InChI=1S/C30H39ClN4O4/c1-30(2,3)39-29(38)33-27-19-22(8-13-32-27)20-34-14-11-24(12-15-34)28(37)35-16-9-21(10-17-35)18-26(36)23-4-6-25(31)7-5-23/h4-8,13,19,21,24H,9-12,14-18,20H2,1-3H3,(H,32,33,38)/p-1. The maximum atomic E-state index is 13.2. The Hall–Kier alpha value is -2.97. The minimum atomic E-state index is -0.649. The van der Waals surface area contributed by atoms with Crippen LogP contribution in [0.15, 0.2) is 47.6 Å². The highest BCUT2D eigenvalue weighted by molar-refractivity contribution is 6.30. The number of piperidine rings is 2. The molecule has 210 valence electrons. The fourth-order valence-electron chi connectivity index (χ4n) is 5.23. The van der Waals surface area contributed by atoms with Gasteiger partial charge in [-0.15, -0.1) is 0 Å². The summed E-state index contributed by atoms with van der Waals surface area (Å²) in [4.78, 5) is 38.3. The Morgan fingerprint density at radius 1 is 1.05 bits per heavy atom. The van der Waals surface area contributed by atoms with Gasteiger partial charge < -0.3 is 14.7 Å². The maximum absolute atomic E-state index is 13.2. The second-order valence-electron chi connectivity index (χ2n) is 11.6. The van der Waals surface area contributed by atoms with E-state index in [-0.39, 0.29) is 17.6 Å². The van der Waals surface area contributed by atoms with Crippen molar-refractivity contribution >= 4 is 35.2 Å². The predicted molar refractivity (Wildman–Crippen MR) is 150 cm³/mol. The molecule has 1 aromatic carbocycles. The first-order valence-electron chi connectivity index (χ1n) is 13.8. The van der Waals surface area contributed by atoms with Crippen LogP contribution < -0.4 is 5.11 Å². The van der Waals surface area contributed by atoms with Crippen molar-refractivity contribution in [2.24, 2.45) is 16.8 Å². The number of Topliss-reactive ketones (excluding diaryl/α,β-unsaturated/α-hetero) is 1. The first kappa shape index (κ1) is 29.0. The van der Waals surface area contributed by atoms with Crippen LogP contribution in [0.2, 0.25) is 5.02 Å². The molecule has 0 N–H and O–H groups in total. The molecular formula is C30H38ClN4O4-. The van der Waals surface area contributed by atoms with E-state index in [0.29, 0.717) is 35.3 Å². The van der Waals surface area contributed by atoms with Gasteiger partial charge in [0.25, 0.3) is 0 Å². The molecule has 4 rings (SSSR count). The number of ether oxygens (including phenoxy) is 1. The first-order valence-corrected chi connectivity index (χ1v) is 14.1. The summed E-state index contributed by atoms with van der Waals surface area (Å²) >= 11 is 5.93. The summed E-state index contributed by atoms with van der Waals surface area (Å²) in [7, 11) is 0. The highest BCUT2D eigenvalue weighted by atomic mass is 35.5. The molecule has 2 saturated heterocycles. The lowest BCUT2D eigenvalue weighted by molar-refractivity contribution is -0.259. The average Bonchev–Trinajstić information content (AvgIpc) is 2.88. The molecule has 0 atom stereocenters. The van der Waals surface area contributed by atoms with Gasteiger partial charge in [-0.05, 0) is 86.7 Å². The zero-order valence-electron chi connectivity index (χ0n) is 23.1. The largest absolute Gasteiger partial charge is 0.594 e. The molecule has 0 saturated carbocycles. The van der Waals surface area contributed by atoms with Gasteiger partial charge in [-0.1, -0.05) is 32.4 Å². The lowest BCUT2D eigenvalue weighted by Crippen LogP contribution is -2.45. The first-order chi connectivity index (χ1) is 18.6. The molecule has 0 bridgehead atoms. The van der Waals surface area contributed by atoms with Crippen LogP contribution in [0, 0.1) is 11.8 Å². The van der Waals surface area contributed by atoms with E-state index >= 15 is 0 Å². The average molecular weight is 554 g/mol. The number of hydrogen-bond donors (Lipinski definition) is 0.